The molecule has 33 heavy (non-hydrogen) atoms. The first kappa shape index (κ1) is 21.0. The Balaban J connectivity index is 1.02. The second-order valence-electron chi connectivity index (χ2n) is 9.98. The maximum Gasteiger partial charge on any atom is 0.180 e. The standard InChI is InChI=1S/C27H34N4O2/c1-2-9-26-25(8-1)27(28-33-26)31-15-14-30-18-22(10-11-23(30)19-31)20-32-24-7-5-6-21(16-24)17-29-12-3-4-13-29/h1-2,5-9,16,22-23H,3-4,10-15,17-20H2/t22-,23-/m0/s1. The number of piperazine rings is 1. The van der Waals surface area contributed by atoms with Crippen LogP contribution < -0.4 is 9.64 Å². The van der Waals surface area contributed by atoms with E-state index >= 15 is 0 Å². The van der Waals surface area contributed by atoms with Crippen molar-refractivity contribution < 1.29 is 9.26 Å². The molecule has 2 atom stereocenters. The molecule has 4 heterocycles. The molecule has 6 rings (SSSR count). The van der Waals surface area contributed by atoms with Crippen LogP contribution in [-0.2, 0) is 6.54 Å². The van der Waals surface area contributed by atoms with Gasteiger partial charge in [0.15, 0.2) is 11.4 Å². The van der Waals surface area contributed by atoms with Gasteiger partial charge in [0.05, 0.1) is 12.0 Å². The Hall–Kier alpha value is -2.57. The molecule has 0 amide bonds. The van der Waals surface area contributed by atoms with E-state index in [1.807, 2.05) is 12.1 Å². The number of hydrogen-bond acceptors (Lipinski definition) is 6. The average molecular weight is 447 g/mol. The lowest BCUT2D eigenvalue weighted by atomic mass is 9.91. The molecule has 1 aromatic heterocycles. The minimum absolute atomic E-state index is 0.592. The van der Waals surface area contributed by atoms with Gasteiger partial charge in [-0.2, -0.15) is 0 Å². The van der Waals surface area contributed by atoms with Crippen LogP contribution in [0.5, 0.6) is 5.75 Å². The van der Waals surface area contributed by atoms with Crippen LogP contribution in [0.15, 0.2) is 53.1 Å². The Morgan fingerprint density at radius 2 is 1.85 bits per heavy atom. The normalized spacial score (nSPS) is 24.3. The minimum atomic E-state index is 0.592. The van der Waals surface area contributed by atoms with Gasteiger partial charge in [0.25, 0.3) is 0 Å². The zero-order valence-corrected chi connectivity index (χ0v) is 19.4. The fourth-order valence-corrected chi connectivity index (χ4v) is 5.83. The number of piperidine rings is 1. The SMILES string of the molecule is c1cc(CN2CCCC2)cc(OC[C@H]2CC[C@H]3CN(c4noc5ccccc45)CCN3C2)c1. The van der Waals surface area contributed by atoms with E-state index in [4.69, 9.17) is 9.26 Å². The van der Waals surface area contributed by atoms with E-state index in [1.165, 1.54) is 44.3 Å². The van der Waals surface area contributed by atoms with Gasteiger partial charge in [-0.05, 0) is 68.6 Å². The second-order valence-corrected chi connectivity index (χ2v) is 9.98. The zero-order valence-electron chi connectivity index (χ0n) is 19.4. The van der Waals surface area contributed by atoms with Crippen molar-refractivity contribution in [2.75, 3.05) is 50.8 Å². The molecule has 3 aromatic rings. The van der Waals surface area contributed by atoms with E-state index in [2.05, 4.69) is 56.3 Å². The lowest BCUT2D eigenvalue weighted by molar-refractivity contribution is 0.0726. The molecule has 0 aliphatic carbocycles. The predicted octanol–water partition coefficient (Wildman–Crippen LogP) is 4.40. The van der Waals surface area contributed by atoms with Gasteiger partial charge in [0.1, 0.15) is 5.75 Å². The van der Waals surface area contributed by atoms with Crippen molar-refractivity contribution in [1.82, 2.24) is 15.0 Å². The first-order chi connectivity index (χ1) is 16.3. The highest BCUT2D eigenvalue weighted by Crippen LogP contribution is 2.31. The number of fused-ring (bicyclic) bond motifs is 2. The van der Waals surface area contributed by atoms with E-state index < -0.39 is 0 Å². The Kier molecular flexibility index (Phi) is 5.95. The highest BCUT2D eigenvalue weighted by molar-refractivity contribution is 5.88. The largest absolute Gasteiger partial charge is 0.493 e. The molecule has 3 saturated heterocycles. The number of para-hydroxylation sites is 1. The minimum Gasteiger partial charge on any atom is -0.493 e. The quantitative estimate of drug-likeness (QED) is 0.559. The summed E-state index contributed by atoms with van der Waals surface area (Å²) in [5, 5.41) is 5.51. The van der Waals surface area contributed by atoms with Crippen LogP contribution in [0.1, 0.15) is 31.2 Å². The number of rotatable bonds is 6. The maximum atomic E-state index is 6.28. The summed E-state index contributed by atoms with van der Waals surface area (Å²) in [4.78, 5) is 7.62. The number of nitrogens with zero attached hydrogens (tertiary/aromatic N) is 4. The van der Waals surface area contributed by atoms with Crippen molar-refractivity contribution in [3.63, 3.8) is 0 Å². The number of ether oxygens (including phenoxy) is 1. The third-order valence-electron chi connectivity index (χ3n) is 7.65. The van der Waals surface area contributed by atoms with Crippen LogP contribution >= 0.6 is 0 Å². The summed E-state index contributed by atoms with van der Waals surface area (Å²) in [6.07, 6.45) is 5.11. The zero-order chi connectivity index (χ0) is 22.0. The fraction of sp³-hybridized carbons (Fsp3) is 0.519. The Morgan fingerprint density at radius 3 is 2.79 bits per heavy atom. The number of likely N-dealkylation sites (tertiary alicyclic amines) is 1. The molecule has 6 nitrogen and oxygen atoms in total. The number of hydrogen-bond donors (Lipinski definition) is 0. The van der Waals surface area contributed by atoms with Crippen molar-refractivity contribution in [1.29, 1.82) is 0 Å². The fourth-order valence-electron chi connectivity index (χ4n) is 5.83. The molecule has 0 unspecified atom stereocenters. The molecule has 0 bridgehead atoms. The summed E-state index contributed by atoms with van der Waals surface area (Å²) in [6, 6.07) is 17.5. The monoisotopic (exact) mass is 446 g/mol. The number of aromatic nitrogens is 1. The average Bonchev–Trinajstić information content (AvgIpc) is 3.53. The van der Waals surface area contributed by atoms with Gasteiger partial charge in [-0.15, -0.1) is 0 Å². The molecule has 6 heteroatoms. The smallest absolute Gasteiger partial charge is 0.180 e. The molecule has 0 saturated carbocycles. The summed E-state index contributed by atoms with van der Waals surface area (Å²) < 4.78 is 11.8. The van der Waals surface area contributed by atoms with Gasteiger partial charge in [-0.1, -0.05) is 29.4 Å². The maximum absolute atomic E-state index is 6.28. The van der Waals surface area contributed by atoms with Gasteiger partial charge in [0.2, 0.25) is 0 Å². The van der Waals surface area contributed by atoms with Crippen molar-refractivity contribution >= 4 is 16.8 Å². The first-order valence-electron chi connectivity index (χ1n) is 12.6. The van der Waals surface area contributed by atoms with Gasteiger partial charge >= 0.3 is 0 Å². The Bertz CT molecular complexity index is 1080. The van der Waals surface area contributed by atoms with Crippen LogP contribution in [0.3, 0.4) is 0 Å². The van der Waals surface area contributed by atoms with Crippen LogP contribution in [0, 0.1) is 5.92 Å². The summed E-state index contributed by atoms with van der Waals surface area (Å²) >= 11 is 0. The van der Waals surface area contributed by atoms with E-state index in [1.54, 1.807) is 0 Å². The van der Waals surface area contributed by atoms with Crippen LogP contribution in [0.4, 0.5) is 5.82 Å². The van der Waals surface area contributed by atoms with Crippen molar-refractivity contribution in [2.24, 2.45) is 5.92 Å². The molecule has 3 aliphatic heterocycles. The molecule has 3 fully saturated rings. The molecule has 174 valence electrons. The summed E-state index contributed by atoms with van der Waals surface area (Å²) in [6.45, 7) is 8.56. The number of anilines is 1. The summed E-state index contributed by atoms with van der Waals surface area (Å²) in [5.41, 5.74) is 2.25. The Labute approximate surface area is 196 Å². The summed E-state index contributed by atoms with van der Waals surface area (Å²) in [7, 11) is 0. The van der Waals surface area contributed by atoms with Crippen molar-refractivity contribution in [3.8, 4) is 5.75 Å². The van der Waals surface area contributed by atoms with Gasteiger partial charge in [-0.3, -0.25) is 9.80 Å². The van der Waals surface area contributed by atoms with Gasteiger partial charge < -0.3 is 14.2 Å². The highest BCUT2D eigenvalue weighted by atomic mass is 16.5. The van der Waals surface area contributed by atoms with Crippen molar-refractivity contribution in [2.45, 2.75) is 38.3 Å². The van der Waals surface area contributed by atoms with E-state index in [0.717, 1.165) is 61.9 Å². The van der Waals surface area contributed by atoms with Crippen LogP contribution in [0.2, 0.25) is 0 Å². The summed E-state index contributed by atoms with van der Waals surface area (Å²) in [5.74, 6) is 2.63. The van der Waals surface area contributed by atoms with E-state index in [0.29, 0.717) is 12.0 Å². The predicted molar refractivity (Wildman–Crippen MR) is 131 cm³/mol. The second kappa shape index (κ2) is 9.35. The molecule has 0 radical (unpaired) electrons. The molecule has 0 N–H and O–H groups in total. The van der Waals surface area contributed by atoms with Gasteiger partial charge in [-0.25, -0.2) is 0 Å². The van der Waals surface area contributed by atoms with Gasteiger partial charge in [0, 0.05) is 44.7 Å². The molecule has 3 aliphatic rings. The molecule has 2 aromatic carbocycles. The molecular formula is C27H34N4O2. The molecule has 0 spiro atoms. The highest BCUT2D eigenvalue weighted by Gasteiger charge is 2.34. The lowest BCUT2D eigenvalue weighted by Crippen LogP contribution is -2.57. The Morgan fingerprint density at radius 1 is 0.939 bits per heavy atom. The molecular weight excluding hydrogens is 412 g/mol. The van der Waals surface area contributed by atoms with E-state index in [-0.39, 0.29) is 0 Å². The number of benzene rings is 2. The van der Waals surface area contributed by atoms with Crippen molar-refractivity contribution in [3.05, 3.63) is 54.1 Å². The third kappa shape index (κ3) is 4.59. The third-order valence-corrected chi connectivity index (χ3v) is 7.65. The van der Waals surface area contributed by atoms with Crippen LogP contribution in [0.25, 0.3) is 11.0 Å². The topological polar surface area (TPSA) is 45.0 Å². The van der Waals surface area contributed by atoms with E-state index in [9.17, 15) is 0 Å². The van der Waals surface area contributed by atoms with Crippen LogP contribution in [-0.4, -0.2) is 66.9 Å². The first-order valence-corrected chi connectivity index (χ1v) is 12.6. The lowest BCUT2D eigenvalue weighted by Gasteiger charge is -2.46.